The van der Waals surface area contributed by atoms with E-state index in [-0.39, 0.29) is 22.3 Å². The lowest BCUT2D eigenvalue weighted by Gasteiger charge is -2.38. The van der Waals surface area contributed by atoms with Crippen LogP contribution in [0.15, 0.2) is 24.3 Å². The van der Waals surface area contributed by atoms with Crippen LogP contribution in [-0.2, 0) is 10.8 Å². The molecule has 1 aliphatic carbocycles. The summed E-state index contributed by atoms with van der Waals surface area (Å²) < 4.78 is 11.0. The molecule has 0 heterocycles. The molecule has 4 nitrogen and oxygen atoms in total. The minimum atomic E-state index is -0.140. The monoisotopic (exact) mass is 580 g/mol. The Morgan fingerprint density at radius 2 is 1.15 bits per heavy atom. The smallest absolute Gasteiger partial charge is 0.192 e. The van der Waals surface area contributed by atoms with Crippen LogP contribution in [0.25, 0.3) is 11.1 Å². The summed E-state index contributed by atoms with van der Waals surface area (Å²) in [6.07, 6.45) is 1.95. The highest BCUT2D eigenvalue weighted by Gasteiger charge is 2.36. The second-order valence-corrected chi connectivity index (χ2v) is 9.03. The van der Waals surface area contributed by atoms with Crippen LogP contribution in [0.5, 0.6) is 23.0 Å². The van der Waals surface area contributed by atoms with Crippen LogP contribution in [-0.4, -0.2) is 10.2 Å². The standard InChI is InChI=1S/C20H22I2O4/c1-19(2)5-6-20(3,4)14-10-18(26-22)17(25-21)8-12(14)11-7-15(23)16(24)9-13(11)19/h7-10,23-24H,5-6H2,1-4H3. The SMILES string of the molecule is CC1(C)CCC(C)(C)c2cc(OI)c(OI)cc2-c2cc(O)c(O)cc21. The molecule has 26 heavy (non-hydrogen) atoms. The van der Waals surface area contributed by atoms with Gasteiger partial charge in [0.15, 0.2) is 69.0 Å². The molecule has 1 aliphatic rings. The molecule has 140 valence electrons. The van der Waals surface area contributed by atoms with Gasteiger partial charge in [-0.3, -0.25) is 0 Å². The van der Waals surface area contributed by atoms with Crippen molar-refractivity contribution in [1.82, 2.24) is 0 Å². The first-order valence-electron chi connectivity index (χ1n) is 8.43. The van der Waals surface area contributed by atoms with Crippen molar-refractivity contribution in [2.75, 3.05) is 0 Å². The highest BCUT2D eigenvalue weighted by Crippen LogP contribution is 2.51. The summed E-state index contributed by atoms with van der Waals surface area (Å²) in [7, 11) is 0. The third-order valence-electron chi connectivity index (χ3n) is 5.49. The molecule has 6 heteroatoms. The summed E-state index contributed by atoms with van der Waals surface area (Å²) >= 11 is 3.71. The Labute approximate surface area is 182 Å². The van der Waals surface area contributed by atoms with E-state index in [1.807, 2.05) is 58.1 Å². The second-order valence-electron chi connectivity index (χ2n) is 8.15. The molecule has 0 radical (unpaired) electrons. The minimum absolute atomic E-state index is 0.0779. The van der Waals surface area contributed by atoms with Crippen LogP contribution in [0.1, 0.15) is 51.7 Å². The predicted molar refractivity (Wildman–Crippen MR) is 120 cm³/mol. The Kier molecular flexibility index (Phi) is 5.29. The van der Waals surface area contributed by atoms with Crippen molar-refractivity contribution in [3.8, 4) is 34.1 Å². The molecule has 0 aromatic heterocycles. The maximum Gasteiger partial charge on any atom is 0.192 e. The molecule has 2 N–H and O–H groups in total. The molecule has 0 unspecified atom stereocenters. The van der Waals surface area contributed by atoms with Crippen LogP contribution in [0, 0.1) is 0 Å². The predicted octanol–water partition coefficient (Wildman–Crippen LogP) is 6.57. The zero-order valence-electron chi connectivity index (χ0n) is 15.2. The second kappa shape index (κ2) is 6.92. The lowest BCUT2D eigenvalue weighted by molar-refractivity contribution is 0.366. The summed E-state index contributed by atoms with van der Waals surface area (Å²) in [5.74, 6) is 1.11. The molecular weight excluding hydrogens is 558 g/mol. The quantitative estimate of drug-likeness (QED) is 0.312. The van der Waals surface area contributed by atoms with Gasteiger partial charge in [0, 0.05) is 0 Å². The first kappa shape index (κ1) is 19.9. The number of hydrogen-bond acceptors (Lipinski definition) is 4. The molecule has 0 atom stereocenters. The van der Waals surface area contributed by atoms with E-state index in [4.69, 9.17) is 6.13 Å². The molecule has 0 saturated carbocycles. The summed E-state index contributed by atoms with van der Waals surface area (Å²) in [6.45, 7) is 8.83. The lowest BCUT2D eigenvalue weighted by atomic mass is 9.66. The molecule has 0 saturated heterocycles. The van der Waals surface area contributed by atoms with Gasteiger partial charge >= 0.3 is 0 Å². The van der Waals surface area contributed by atoms with E-state index in [2.05, 4.69) is 27.7 Å². The maximum absolute atomic E-state index is 10.2. The average Bonchev–Trinajstić information content (AvgIpc) is 2.60. The summed E-state index contributed by atoms with van der Waals surface area (Å²) in [6, 6.07) is 7.35. The summed E-state index contributed by atoms with van der Waals surface area (Å²) in [5.41, 5.74) is 3.86. The fourth-order valence-electron chi connectivity index (χ4n) is 3.72. The largest absolute Gasteiger partial charge is 0.504 e. The van der Waals surface area contributed by atoms with E-state index in [9.17, 15) is 10.2 Å². The van der Waals surface area contributed by atoms with Gasteiger partial charge in [0.1, 0.15) is 0 Å². The fraction of sp³-hybridized carbons (Fsp3) is 0.400. The highest BCUT2D eigenvalue weighted by molar-refractivity contribution is 14.1. The molecule has 0 aliphatic heterocycles. The van der Waals surface area contributed by atoms with Crippen molar-refractivity contribution in [1.29, 1.82) is 0 Å². The van der Waals surface area contributed by atoms with E-state index in [0.717, 1.165) is 35.1 Å². The number of rotatable bonds is 2. The molecule has 3 rings (SSSR count). The Bertz CT molecular complexity index is 859. The first-order chi connectivity index (χ1) is 12.1. The first-order valence-corrected chi connectivity index (χ1v) is 10.2. The summed E-state index contributed by atoms with van der Waals surface area (Å²) in [4.78, 5) is 0. The Hall–Kier alpha value is -0.900. The van der Waals surface area contributed by atoms with E-state index in [0.29, 0.717) is 11.5 Å². The Balaban J connectivity index is 2.43. The normalized spacial score (nSPS) is 17.5. The van der Waals surface area contributed by atoms with Crippen molar-refractivity contribution in [3.63, 3.8) is 0 Å². The Morgan fingerprint density at radius 3 is 1.69 bits per heavy atom. The van der Waals surface area contributed by atoms with Crippen molar-refractivity contribution >= 4 is 46.0 Å². The van der Waals surface area contributed by atoms with E-state index < -0.39 is 0 Å². The van der Waals surface area contributed by atoms with Gasteiger partial charge in [-0.25, -0.2) is 0 Å². The number of phenolic OH excluding ortho intramolecular Hbond substituents is 2. The van der Waals surface area contributed by atoms with Crippen LogP contribution in [0.4, 0.5) is 0 Å². The van der Waals surface area contributed by atoms with E-state index in [1.165, 1.54) is 0 Å². The average molecular weight is 580 g/mol. The van der Waals surface area contributed by atoms with E-state index >= 15 is 0 Å². The van der Waals surface area contributed by atoms with Gasteiger partial charge < -0.3 is 16.3 Å². The third-order valence-corrected chi connectivity index (χ3v) is 6.44. The summed E-state index contributed by atoms with van der Waals surface area (Å²) in [5, 5.41) is 20.3. The molecule has 2 aromatic rings. The number of hydrogen-bond donors (Lipinski definition) is 2. The number of halogens is 2. The maximum atomic E-state index is 10.2. The topological polar surface area (TPSA) is 58.9 Å². The van der Waals surface area contributed by atoms with Crippen molar-refractivity contribution in [2.24, 2.45) is 0 Å². The van der Waals surface area contributed by atoms with Crippen molar-refractivity contribution in [2.45, 2.75) is 51.4 Å². The van der Waals surface area contributed by atoms with Gasteiger partial charge in [-0.15, -0.1) is 0 Å². The van der Waals surface area contributed by atoms with Crippen LogP contribution in [0.2, 0.25) is 0 Å². The zero-order valence-corrected chi connectivity index (χ0v) is 19.5. The van der Waals surface area contributed by atoms with Gasteiger partial charge in [-0.1, -0.05) is 27.7 Å². The van der Waals surface area contributed by atoms with Crippen LogP contribution in [0.3, 0.4) is 0 Å². The van der Waals surface area contributed by atoms with Crippen molar-refractivity contribution < 1.29 is 16.3 Å². The Morgan fingerprint density at radius 1 is 0.731 bits per heavy atom. The number of fused-ring (bicyclic) bond motifs is 3. The highest BCUT2D eigenvalue weighted by atomic mass is 127. The molecule has 0 fully saturated rings. The van der Waals surface area contributed by atoms with Crippen molar-refractivity contribution in [3.05, 3.63) is 35.4 Å². The fourth-order valence-corrected chi connectivity index (χ4v) is 4.41. The van der Waals surface area contributed by atoms with Gasteiger partial charge in [0.05, 0.1) is 0 Å². The number of benzene rings is 2. The van der Waals surface area contributed by atoms with Gasteiger partial charge in [-0.05, 0) is 70.2 Å². The van der Waals surface area contributed by atoms with Gasteiger partial charge in [-0.2, -0.15) is 0 Å². The van der Waals surface area contributed by atoms with E-state index in [1.54, 1.807) is 12.1 Å². The molecular formula is C20H22I2O4. The van der Waals surface area contributed by atoms with Crippen LogP contribution >= 0.6 is 46.0 Å². The number of phenols is 2. The number of aromatic hydroxyl groups is 2. The van der Waals surface area contributed by atoms with Gasteiger partial charge in [0.25, 0.3) is 0 Å². The van der Waals surface area contributed by atoms with Crippen LogP contribution < -0.4 is 6.13 Å². The molecule has 2 aromatic carbocycles. The molecule has 0 amide bonds. The minimum Gasteiger partial charge on any atom is -0.504 e. The molecule has 0 spiro atoms. The van der Waals surface area contributed by atoms with Gasteiger partial charge in [0.2, 0.25) is 0 Å². The lowest BCUT2D eigenvalue weighted by Crippen LogP contribution is -2.28. The third kappa shape index (κ3) is 3.34. The zero-order chi connectivity index (χ0) is 19.3. The molecule has 0 bridgehead atoms.